The third kappa shape index (κ3) is 3.85. The van der Waals surface area contributed by atoms with Crippen LogP contribution in [0.3, 0.4) is 0 Å². The zero-order valence-electron chi connectivity index (χ0n) is 18.8. The van der Waals surface area contributed by atoms with Crippen molar-refractivity contribution in [2.24, 2.45) is 0 Å². The predicted octanol–water partition coefficient (Wildman–Crippen LogP) is 1.31. The Bertz CT molecular complexity index is 1080. The van der Waals surface area contributed by atoms with Gasteiger partial charge in [0.05, 0.1) is 23.2 Å². The van der Waals surface area contributed by atoms with Crippen LogP contribution >= 0.6 is 0 Å². The number of nitrogen functional groups attached to an aromatic ring is 1. The van der Waals surface area contributed by atoms with Crippen molar-refractivity contribution in [3.63, 3.8) is 0 Å². The fourth-order valence-corrected chi connectivity index (χ4v) is 4.98. The van der Waals surface area contributed by atoms with Gasteiger partial charge in [0.2, 0.25) is 5.43 Å². The van der Waals surface area contributed by atoms with E-state index in [9.17, 15) is 15.0 Å². The zero-order valence-corrected chi connectivity index (χ0v) is 18.8. The van der Waals surface area contributed by atoms with E-state index in [-0.39, 0.29) is 34.1 Å². The number of aliphatic hydroxyl groups excluding tert-OH is 1. The molecule has 1 saturated heterocycles. The Balaban J connectivity index is 1.75. The lowest BCUT2D eigenvalue weighted by molar-refractivity contribution is -0.0441. The number of piperidine rings is 1. The van der Waals surface area contributed by atoms with Crippen molar-refractivity contribution in [2.45, 2.75) is 57.4 Å². The van der Waals surface area contributed by atoms with E-state index in [2.05, 4.69) is 15.2 Å². The maximum Gasteiger partial charge on any atom is 0.201 e. The summed E-state index contributed by atoms with van der Waals surface area (Å²) in [5.74, 6) is -0.759. The first-order valence-corrected chi connectivity index (χ1v) is 11.1. The third-order valence-electron chi connectivity index (χ3n) is 6.80. The summed E-state index contributed by atoms with van der Waals surface area (Å²) < 4.78 is 22.2. The van der Waals surface area contributed by atoms with Crippen LogP contribution in [0.4, 0.5) is 15.9 Å². The molecule has 0 radical (unpaired) electrons. The van der Waals surface area contributed by atoms with Gasteiger partial charge in [0.1, 0.15) is 5.65 Å². The van der Waals surface area contributed by atoms with Crippen LogP contribution in [0, 0.1) is 5.82 Å². The molecular weight excluding hydrogens is 417 g/mol. The fourth-order valence-electron chi connectivity index (χ4n) is 4.98. The minimum absolute atomic E-state index is 0.0273. The number of rotatable bonds is 6. The highest BCUT2D eigenvalue weighted by atomic mass is 19.1. The average Bonchev–Trinajstić information content (AvgIpc) is 3.05. The van der Waals surface area contributed by atoms with Gasteiger partial charge < -0.3 is 35.5 Å². The number of aliphatic hydroxyl groups is 2. The molecule has 2 aliphatic heterocycles. The van der Waals surface area contributed by atoms with E-state index in [1.807, 2.05) is 18.4 Å². The van der Waals surface area contributed by atoms with Crippen molar-refractivity contribution < 1.29 is 19.3 Å². The topological polar surface area (TPSA) is 126 Å². The normalized spacial score (nSPS) is 19.1. The summed E-state index contributed by atoms with van der Waals surface area (Å²) in [7, 11) is 1.68. The summed E-state index contributed by atoms with van der Waals surface area (Å²) >= 11 is 0. The van der Waals surface area contributed by atoms with Crippen LogP contribution in [-0.2, 0) is 16.7 Å². The van der Waals surface area contributed by atoms with Crippen molar-refractivity contribution in [2.75, 3.05) is 44.4 Å². The lowest BCUT2D eigenvalue weighted by atomic mass is 10.0. The number of fused-ring (bicyclic) bond motifs is 3. The molecule has 0 aliphatic carbocycles. The predicted molar refractivity (Wildman–Crippen MR) is 120 cm³/mol. The molecule has 0 spiro atoms. The van der Waals surface area contributed by atoms with Gasteiger partial charge in [-0.05, 0) is 39.5 Å². The lowest BCUT2D eigenvalue weighted by Gasteiger charge is -2.32. The summed E-state index contributed by atoms with van der Waals surface area (Å²) in [5, 5.41) is 22.8. The molecule has 4 rings (SSSR count). The van der Waals surface area contributed by atoms with Crippen LogP contribution in [0.2, 0.25) is 0 Å². The van der Waals surface area contributed by atoms with E-state index < -0.39 is 23.1 Å². The second-order valence-corrected chi connectivity index (χ2v) is 9.35. The van der Waals surface area contributed by atoms with Gasteiger partial charge in [-0.1, -0.05) is 0 Å². The highest BCUT2D eigenvalue weighted by Crippen LogP contribution is 2.38. The Hall–Kier alpha value is -2.27. The molecule has 5 N–H and O–H groups in total. The summed E-state index contributed by atoms with van der Waals surface area (Å²) in [6.45, 7) is 7.23. The number of aromatic nitrogens is 2. The van der Waals surface area contributed by atoms with Gasteiger partial charge >= 0.3 is 0 Å². The smallest absolute Gasteiger partial charge is 0.201 e. The summed E-state index contributed by atoms with van der Waals surface area (Å²) in [4.78, 5) is 19.9. The first-order chi connectivity index (χ1) is 15.2. The largest absolute Gasteiger partial charge is 0.396 e. The minimum atomic E-state index is -1.97. The first kappa shape index (κ1) is 22.9. The molecule has 1 fully saturated rings. The average molecular weight is 450 g/mol. The lowest BCUT2D eigenvalue weighted by Crippen LogP contribution is -2.40. The highest BCUT2D eigenvalue weighted by Gasteiger charge is 2.37. The molecule has 9 nitrogen and oxygen atoms in total. The second-order valence-electron chi connectivity index (χ2n) is 9.35. The van der Waals surface area contributed by atoms with Crippen molar-refractivity contribution in [3.8, 4) is 0 Å². The van der Waals surface area contributed by atoms with Crippen molar-refractivity contribution in [1.29, 1.82) is 0 Å². The molecule has 0 bridgehead atoms. The molecule has 2 aromatic heterocycles. The number of hydrogen-bond acceptors (Lipinski definition) is 8. The number of nitrogens with zero attached hydrogens (tertiary/aromatic N) is 3. The zero-order chi connectivity index (χ0) is 23.2. The Morgan fingerprint density at radius 2 is 2.03 bits per heavy atom. The summed E-state index contributed by atoms with van der Waals surface area (Å²) in [6, 6.07) is 0.0314. The van der Waals surface area contributed by atoms with Crippen molar-refractivity contribution in [1.82, 2.24) is 14.5 Å². The van der Waals surface area contributed by atoms with Crippen molar-refractivity contribution >= 4 is 22.5 Å². The quantitative estimate of drug-likeness (QED) is 0.487. The standard InChI is InChI=1S/C22H32FN5O4/c1-22(2)7-4-13-14(21(30)31)18(29)15-17(24)16(23)19(26-20(15)28(13)22)25-12-5-8-27(9-6-12)10-11-32-3/h12,21,30-31H,4-11H2,1-3H3,(H3,24,25,26). The second kappa shape index (κ2) is 8.58. The van der Waals surface area contributed by atoms with Gasteiger partial charge in [-0.25, -0.2) is 9.37 Å². The number of nitrogens with one attached hydrogen (secondary N) is 1. The monoisotopic (exact) mass is 449 g/mol. The van der Waals surface area contributed by atoms with E-state index >= 15 is 4.39 Å². The fraction of sp³-hybridized carbons (Fsp3) is 0.636. The van der Waals surface area contributed by atoms with Crippen LogP contribution in [0.1, 0.15) is 50.7 Å². The minimum Gasteiger partial charge on any atom is -0.396 e. The SMILES string of the molecule is COCCN1CCC(Nc2nc3c(c(N)c2F)c(=O)c(C(O)O)c2n3C(C)(C)CC2)CC1. The molecule has 2 aromatic rings. The summed E-state index contributed by atoms with van der Waals surface area (Å²) in [6.07, 6.45) is 0.856. The Morgan fingerprint density at radius 3 is 2.66 bits per heavy atom. The number of ether oxygens (including phenoxy) is 1. The van der Waals surface area contributed by atoms with E-state index in [1.165, 1.54) is 0 Å². The highest BCUT2D eigenvalue weighted by molar-refractivity contribution is 5.91. The molecule has 0 atom stereocenters. The van der Waals surface area contributed by atoms with E-state index in [4.69, 9.17) is 10.5 Å². The third-order valence-corrected chi connectivity index (χ3v) is 6.80. The van der Waals surface area contributed by atoms with E-state index in [0.29, 0.717) is 25.1 Å². The number of nitrogens with two attached hydrogens (primary N) is 1. The van der Waals surface area contributed by atoms with Crippen molar-refractivity contribution in [3.05, 3.63) is 27.3 Å². The Morgan fingerprint density at radius 1 is 1.34 bits per heavy atom. The van der Waals surface area contributed by atoms with Crippen LogP contribution in [-0.4, -0.2) is 64.1 Å². The molecule has 176 valence electrons. The Labute approximate surface area is 186 Å². The number of halogens is 1. The van der Waals surface area contributed by atoms with Crippen LogP contribution in [0.25, 0.3) is 11.0 Å². The van der Waals surface area contributed by atoms with Gasteiger partial charge in [0, 0.05) is 44.0 Å². The number of likely N-dealkylation sites (tertiary alicyclic amines) is 1. The van der Waals surface area contributed by atoms with E-state index in [0.717, 1.165) is 32.5 Å². The number of pyridine rings is 2. The summed E-state index contributed by atoms with van der Waals surface area (Å²) in [5.41, 5.74) is 5.30. The molecule has 0 aromatic carbocycles. The van der Waals surface area contributed by atoms with Crippen LogP contribution in [0.15, 0.2) is 4.79 Å². The van der Waals surface area contributed by atoms with Gasteiger partial charge in [0.15, 0.2) is 17.9 Å². The molecular formula is C22H32FN5O4. The molecule has 0 unspecified atom stereocenters. The molecule has 10 heteroatoms. The van der Waals surface area contributed by atoms with Gasteiger partial charge in [-0.2, -0.15) is 0 Å². The van der Waals surface area contributed by atoms with Crippen LogP contribution in [0.5, 0.6) is 0 Å². The maximum atomic E-state index is 15.2. The molecule has 32 heavy (non-hydrogen) atoms. The van der Waals surface area contributed by atoms with Crippen LogP contribution < -0.4 is 16.5 Å². The Kier molecular flexibility index (Phi) is 6.15. The van der Waals surface area contributed by atoms with Gasteiger partial charge in [-0.15, -0.1) is 0 Å². The van der Waals surface area contributed by atoms with E-state index in [1.54, 1.807) is 7.11 Å². The molecule has 4 heterocycles. The van der Waals surface area contributed by atoms with Gasteiger partial charge in [0.25, 0.3) is 0 Å². The molecule has 2 aliphatic rings. The number of methoxy groups -OCH3 is 1. The molecule has 0 saturated carbocycles. The number of hydrogen-bond donors (Lipinski definition) is 4. The molecule has 0 amide bonds. The number of anilines is 2. The first-order valence-electron chi connectivity index (χ1n) is 11.1. The van der Waals surface area contributed by atoms with Gasteiger partial charge in [-0.3, -0.25) is 4.79 Å². The maximum absolute atomic E-state index is 15.2.